The molecule has 0 amide bonds. The van der Waals surface area contributed by atoms with E-state index in [9.17, 15) is 0 Å². The summed E-state index contributed by atoms with van der Waals surface area (Å²) in [6, 6.07) is 49.5. The van der Waals surface area contributed by atoms with Gasteiger partial charge in [-0.05, 0) is 165 Å². The van der Waals surface area contributed by atoms with Crippen molar-refractivity contribution >= 4 is 66.7 Å². The lowest BCUT2D eigenvalue weighted by molar-refractivity contribution is 0.338. The average molecular weight is 761 g/mol. The molecule has 2 aliphatic rings. The van der Waals surface area contributed by atoms with E-state index in [1.54, 1.807) is 0 Å². The summed E-state index contributed by atoms with van der Waals surface area (Å²) >= 11 is 0. The summed E-state index contributed by atoms with van der Waals surface area (Å²) in [6.07, 6.45) is 0. The third kappa shape index (κ3) is 5.03. The summed E-state index contributed by atoms with van der Waals surface area (Å²) in [5.74, 6) is 2.11. The molecule has 0 aliphatic carbocycles. The fourth-order valence-corrected chi connectivity index (χ4v) is 9.92. The zero-order valence-corrected chi connectivity index (χ0v) is 35.4. The quantitative estimate of drug-likeness (QED) is 0.175. The number of rotatable bonds is 5. The Morgan fingerprint density at radius 2 is 0.690 bits per heavy atom. The molecular weight excluding hydrogens is 709 g/mol. The summed E-state index contributed by atoms with van der Waals surface area (Å²) in [6.45, 7) is 22.3. The van der Waals surface area contributed by atoms with Crippen LogP contribution in [0.15, 0.2) is 143 Å². The largest absolute Gasteiger partial charge is 0.322 e. The third-order valence-corrected chi connectivity index (χ3v) is 14.1. The van der Waals surface area contributed by atoms with Crippen molar-refractivity contribution in [1.82, 2.24) is 9.13 Å². The van der Waals surface area contributed by atoms with Crippen LogP contribution in [-0.4, -0.2) is 43.0 Å². The Bertz CT molecular complexity index is 2810. The molecule has 0 unspecified atom stereocenters. The van der Waals surface area contributed by atoms with E-state index in [-0.39, 0.29) is 22.2 Å². The molecule has 2 aliphatic heterocycles. The molecule has 58 heavy (non-hydrogen) atoms. The van der Waals surface area contributed by atoms with Crippen LogP contribution in [-0.2, 0) is 0 Å². The zero-order valence-electron chi connectivity index (χ0n) is 35.4. The number of aromatic nitrogens is 2. The van der Waals surface area contributed by atoms with Crippen LogP contribution in [0, 0.1) is 0 Å². The van der Waals surface area contributed by atoms with Gasteiger partial charge in [-0.1, -0.05) is 48.5 Å². The minimum Gasteiger partial charge on any atom is -0.322 e. The zero-order chi connectivity index (χ0) is 40.5. The Kier molecular flexibility index (Phi) is 7.61. The molecule has 0 atom stereocenters. The van der Waals surface area contributed by atoms with Crippen LogP contribution < -0.4 is 9.80 Å². The Balaban J connectivity index is 1.04. The van der Waals surface area contributed by atoms with Crippen LogP contribution in [0.5, 0.6) is 0 Å². The maximum absolute atomic E-state index is 5.02. The lowest BCUT2D eigenvalue weighted by Crippen LogP contribution is -2.53. The maximum Gasteiger partial charge on any atom is 0.102 e. The van der Waals surface area contributed by atoms with Gasteiger partial charge in [0.2, 0.25) is 0 Å². The smallest absolute Gasteiger partial charge is 0.102 e. The highest BCUT2D eigenvalue weighted by atomic mass is 15.3. The first-order valence-electron chi connectivity index (χ1n) is 20.6. The number of nitrogens with zero attached hydrogens (tertiary/aromatic N) is 6. The van der Waals surface area contributed by atoms with E-state index in [1.807, 2.05) is 0 Å². The molecule has 6 aromatic carbocycles. The molecule has 0 fully saturated rings. The van der Waals surface area contributed by atoms with Crippen molar-refractivity contribution in [1.29, 1.82) is 0 Å². The van der Waals surface area contributed by atoms with Gasteiger partial charge in [-0.2, -0.15) is 0 Å². The molecule has 8 aromatic rings. The van der Waals surface area contributed by atoms with Gasteiger partial charge < -0.3 is 18.9 Å². The number of hydrogen-bond acceptors (Lipinski definition) is 4. The fraction of sp³-hybridized carbons (Fsp3) is 0.269. The van der Waals surface area contributed by atoms with Gasteiger partial charge in [-0.3, -0.25) is 9.98 Å². The van der Waals surface area contributed by atoms with Crippen molar-refractivity contribution in [3.63, 3.8) is 0 Å². The Hall–Kier alpha value is -6.14. The number of hydrogen-bond donors (Lipinski definition) is 0. The molecule has 10 rings (SSSR count). The monoisotopic (exact) mass is 760 g/mol. The van der Waals surface area contributed by atoms with E-state index in [0.29, 0.717) is 0 Å². The molecule has 4 heterocycles. The predicted molar refractivity (Wildman–Crippen MR) is 248 cm³/mol. The molecule has 0 N–H and O–H groups in total. The first-order chi connectivity index (χ1) is 27.6. The van der Waals surface area contributed by atoms with Crippen molar-refractivity contribution in [2.24, 2.45) is 9.98 Å². The van der Waals surface area contributed by atoms with E-state index >= 15 is 0 Å². The van der Waals surface area contributed by atoms with Crippen molar-refractivity contribution in [3.8, 4) is 22.5 Å². The highest BCUT2D eigenvalue weighted by Crippen LogP contribution is 2.44. The molecule has 0 spiro atoms. The van der Waals surface area contributed by atoms with Crippen LogP contribution in [0.2, 0.25) is 0 Å². The molecule has 0 saturated heterocycles. The Morgan fingerprint density at radius 1 is 0.362 bits per heavy atom. The minimum atomic E-state index is -0.174. The molecule has 6 heteroatoms. The van der Waals surface area contributed by atoms with E-state index in [2.05, 4.69) is 222 Å². The van der Waals surface area contributed by atoms with E-state index in [1.165, 1.54) is 54.7 Å². The Morgan fingerprint density at radius 3 is 1.03 bits per heavy atom. The summed E-state index contributed by atoms with van der Waals surface area (Å²) in [4.78, 5) is 14.8. The van der Waals surface area contributed by atoms with Crippen LogP contribution in [0.3, 0.4) is 0 Å². The van der Waals surface area contributed by atoms with Gasteiger partial charge in [-0.15, -0.1) is 0 Å². The molecule has 290 valence electrons. The highest BCUT2D eigenvalue weighted by molar-refractivity contribution is 6.13. The first kappa shape index (κ1) is 36.2. The van der Waals surface area contributed by atoms with E-state index in [4.69, 9.17) is 9.98 Å². The second kappa shape index (κ2) is 12.2. The van der Waals surface area contributed by atoms with Crippen molar-refractivity contribution < 1.29 is 0 Å². The summed E-state index contributed by atoms with van der Waals surface area (Å²) in [7, 11) is 0. The average Bonchev–Trinajstić information content (AvgIpc) is 3.80. The lowest BCUT2D eigenvalue weighted by Gasteiger charge is -2.41. The minimum absolute atomic E-state index is 0.136. The van der Waals surface area contributed by atoms with Gasteiger partial charge >= 0.3 is 0 Å². The number of para-hydroxylation sites is 2. The van der Waals surface area contributed by atoms with E-state index in [0.717, 1.165) is 34.4 Å². The predicted octanol–water partition coefficient (Wildman–Crippen LogP) is 13.1. The molecule has 0 radical (unpaired) electrons. The van der Waals surface area contributed by atoms with Gasteiger partial charge in [0.1, 0.15) is 11.7 Å². The topological polar surface area (TPSA) is 41.1 Å². The molecule has 0 bridgehead atoms. The number of aliphatic imine (C=N–C) groups is 2. The molecule has 0 saturated carbocycles. The number of amidine groups is 2. The second-order valence-electron chi connectivity index (χ2n) is 18.4. The fourth-order valence-electron chi connectivity index (χ4n) is 9.92. The van der Waals surface area contributed by atoms with Gasteiger partial charge in [0.15, 0.2) is 0 Å². The highest BCUT2D eigenvalue weighted by Gasteiger charge is 2.49. The van der Waals surface area contributed by atoms with Crippen LogP contribution in [0.4, 0.5) is 11.4 Å². The van der Waals surface area contributed by atoms with Gasteiger partial charge in [0.25, 0.3) is 0 Å². The number of fused-ring (bicyclic) bond motifs is 6. The normalized spacial score (nSPS) is 18.2. The third-order valence-electron chi connectivity index (χ3n) is 14.1. The van der Waals surface area contributed by atoms with Crippen LogP contribution in [0.1, 0.15) is 69.2 Å². The van der Waals surface area contributed by atoms with Crippen LogP contribution >= 0.6 is 0 Å². The van der Waals surface area contributed by atoms with Gasteiger partial charge in [-0.25, -0.2) is 0 Å². The second-order valence-corrected chi connectivity index (χ2v) is 18.4. The van der Waals surface area contributed by atoms with Crippen molar-refractivity contribution in [3.05, 3.63) is 133 Å². The standard InChI is InChI=1S/C52H52N6/c1-33-53-49(3,4)51(7,8)57(33)39-25-21-37(22-26-39)55-45-17-13-11-15-41(45)43-31-35(19-29-47(43)55)36-20-30-48-44(32-36)42-16-12-14-18-46(42)56(48)38-23-27-40(28-24-38)58-34(2)54-50(5,6)52(58,9)10/h11-32H,1-10H3. The van der Waals surface area contributed by atoms with Gasteiger partial charge in [0.05, 0.1) is 44.2 Å². The summed E-state index contributed by atoms with van der Waals surface area (Å²) < 4.78 is 4.81. The SMILES string of the molecule is CC1=NC(C)(C)C(C)(C)N1c1ccc(-n2c3ccccc3c3cc(-c4ccc5c(c4)c4ccccc4n5-c4ccc(N5C(C)=NC(C)(C)C5(C)C)cc4)ccc32)cc1. The van der Waals surface area contributed by atoms with Crippen molar-refractivity contribution in [2.45, 2.75) is 91.4 Å². The van der Waals surface area contributed by atoms with E-state index < -0.39 is 0 Å². The molecule has 2 aromatic heterocycles. The molecular formula is C52H52N6. The Labute approximate surface area is 341 Å². The number of anilines is 2. The summed E-state index contributed by atoms with van der Waals surface area (Å²) in [5.41, 5.74) is 11.2. The first-order valence-corrected chi connectivity index (χ1v) is 20.6. The molecule has 6 nitrogen and oxygen atoms in total. The van der Waals surface area contributed by atoms with Gasteiger partial charge in [0, 0.05) is 44.3 Å². The summed E-state index contributed by atoms with van der Waals surface area (Å²) in [5, 5.41) is 4.99. The van der Waals surface area contributed by atoms with Crippen LogP contribution in [0.25, 0.3) is 66.1 Å². The lowest BCUT2D eigenvalue weighted by atomic mass is 9.83. The van der Waals surface area contributed by atoms with Crippen molar-refractivity contribution in [2.75, 3.05) is 9.80 Å². The maximum atomic E-state index is 5.02. The number of benzene rings is 6.